The van der Waals surface area contributed by atoms with Crippen LogP contribution < -0.4 is 4.80 Å². The Morgan fingerprint density at radius 3 is 2.81 bits per heavy atom. The molecule has 0 spiro atoms. The van der Waals surface area contributed by atoms with Crippen molar-refractivity contribution in [2.75, 3.05) is 0 Å². The van der Waals surface area contributed by atoms with Crippen molar-refractivity contribution in [1.82, 2.24) is 4.57 Å². The molecule has 0 saturated heterocycles. The van der Waals surface area contributed by atoms with Gasteiger partial charge < -0.3 is 4.57 Å². The van der Waals surface area contributed by atoms with Crippen molar-refractivity contribution in [2.45, 2.75) is 20.3 Å². The summed E-state index contributed by atoms with van der Waals surface area (Å²) < 4.78 is 3.19. The number of carbonyl (C=O) groups excluding carboxylic acids is 1. The van der Waals surface area contributed by atoms with Gasteiger partial charge >= 0.3 is 0 Å². The minimum Gasteiger partial charge on any atom is -0.319 e. The molecule has 2 aromatic heterocycles. The third-order valence-electron chi connectivity index (χ3n) is 3.61. The Hall–Kier alpha value is -1.72. The maximum atomic E-state index is 12.1. The number of aryl methyl sites for hydroxylation is 3. The fourth-order valence-electron chi connectivity index (χ4n) is 2.34. The summed E-state index contributed by atoms with van der Waals surface area (Å²) in [4.78, 5) is 18.2. The fraction of sp³-hybridized carbons (Fsp3) is 0.250. The van der Waals surface area contributed by atoms with E-state index in [0.717, 1.165) is 9.68 Å². The van der Waals surface area contributed by atoms with Gasteiger partial charge in [0.1, 0.15) is 0 Å². The summed E-state index contributed by atoms with van der Waals surface area (Å²) in [6.45, 7) is 4.22. The van der Waals surface area contributed by atoms with Gasteiger partial charge in [0.25, 0.3) is 5.91 Å². The summed E-state index contributed by atoms with van der Waals surface area (Å²) in [5.41, 5.74) is 3.67. The first kappa shape index (κ1) is 14.2. The number of fused-ring (bicyclic) bond motifs is 1. The lowest BCUT2D eigenvalue weighted by Gasteiger charge is -2.03. The van der Waals surface area contributed by atoms with E-state index in [4.69, 9.17) is 0 Å². The number of hydrogen-bond acceptors (Lipinski definition) is 3. The van der Waals surface area contributed by atoms with Crippen molar-refractivity contribution >= 4 is 38.8 Å². The molecular weight excluding hydrogens is 300 g/mol. The van der Waals surface area contributed by atoms with Crippen LogP contribution in [0.3, 0.4) is 0 Å². The molecule has 0 aliphatic heterocycles. The normalized spacial score (nSPS) is 12.2. The van der Waals surface area contributed by atoms with Gasteiger partial charge in [-0.1, -0.05) is 23.5 Å². The number of nitrogens with zero attached hydrogens (tertiary/aromatic N) is 2. The van der Waals surface area contributed by atoms with Gasteiger partial charge in [-0.25, -0.2) is 0 Å². The van der Waals surface area contributed by atoms with Crippen LogP contribution in [0.5, 0.6) is 0 Å². The number of hydrogen-bond donors (Lipinski definition) is 0. The number of aromatic nitrogens is 1. The summed E-state index contributed by atoms with van der Waals surface area (Å²) in [7, 11) is 1.97. The second-order valence-electron chi connectivity index (χ2n) is 5.06. The summed E-state index contributed by atoms with van der Waals surface area (Å²) in [5, 5.41) is 1.98. The van der Waals surface area contributed by atoms with E-state index < -0.39 is 0 Å². The molecule has 0 aliphatic carbocycles. The summed E-state index contributed by atoms with van der Waals surface area (Å²) in [6.07, 6.45) is 0.379. The highest BCUT2D eigenvalue weighted by atomic mass is 32.1. The largest absolute Gasteiger partial charge is 0.319 e. The average molecular weight is 316 g/mol. The van der Waals surface area contributed by atoms with Crippen LogP contribution in [-0.4, -0.2) is 10.5 Å². The lowest BCUT2D eigenvalue weighted by Crippen LogP contribution is -2.14. The molecule has 3 rings (SSSR count). The Morgan fingerprint density at radius 2 is 2.10 bits per heavy atom. The first-order valence-electron chi connectivity index (χ1n) is 6.72. The number of benzene rings is 1. The van der Waals surface area contributed by atoms with Gasteiger partial charge in [-0.15, -0.1) is 11.3 Å². The molecule has 0 aliphatic rings. The molecule has 0 radical (unpaired) electrons. The molecule has 1 aromatic carbocycles. The summed E-state index contributed by atoms with van der Waals surface area (Å²) >= 11 is 3.16. The van der Waals surface area contributed by atoms with Crippen molar-refractivity contribution < 1.29 is 4.79 Å². The third kappa shape index (κ3) is 2.71. The topological polar surface area (TPSA) is 34.4 Å². The number of thiophene rings is 1. The first-order valence-corrected chi connectivity index (χ1v) is 8.41. The monoisotopic (exact) mass is 316 g/mol. The molecule has 0 atom stereocenters. The van der Waals surface area contributed by atoms with Crippen LogP contribution >= 0.6 is 22.7 Å². The van der Waals surface area contributed by atoms with E-state index in [0.29, 0.717) is 6.42 Å². The van der Waals surface area contributed by atoms with Crippen LogP contribution in [0.15, 0.2) is 34.6 Å². The van der Waals surface area contributed by atoms with Crippen LogP contribution in [0.4, 0.5) is 0 Å². The number of rotatable bonds is 2. The molecule has 5 heteroatoms. The van der Waals surface area contributed by atoms with Crippen LogP contribution in [0.1, 0.15) is 16.0 Å². The van der Waals surface area contributed by atoms with Crippen LogP contribution in [0.25, 0.3) is 10.2 Å². The molecule has 0 N–H and O–H groups in total. The van der Waals surface area contributed by atoms with Crippen molar-refractivity contribution in [1.29, 1.82) is 0 Å². The average Bonchev–Trinajstić information content (AvgIpc) is 3.04. The lowest BCUT2D eigenvalue weighted by molar-refractivity contribution is -0.117. The Morgan fingerprint density at radius 1 is 1.29 bits per heavy atom. The molecule has 0 saturated carbocycles. The SMILES string of the molecule is Cc1ccc2sc(=NC(=O)Cc3cccs3)n(C)c2c1C. The summed E-state index contributed by atoms with van der Waals surface area (Å²) in [6, 6.07) is 8.14. The second-order valence-corrected chi connectivity index (χ2v) is 7.10. The fourth-order valence-corrected chi connectivity index (χ4v) is 4.14. The second kappa shape index (κ2) is 5.58. The zero-order valence-corrected chi connectivity index (χ0v) is 13.8. The Balaban J connectivity index is 2.04. The Kier molecular flexibility index (Phi) is 3.78. The number of amides is 1. The Bertz CT molecular complexity index is 870. The predicted octanol–water partition coefficient (Wildman–Crippen LogP) is 3.59. The van der Waals surface area contributed by atoms with E-state index in [9.17, 15) is 4.79 Å². The lowest BCUT2D eigenvalue weighted by atomic mass is 10.1. The van der Waals surface area contributed by atoms with E-state index in [1.807, 2.05) is 29.1 Å². The molecule has 21 heavy (non-hydrogen) atoms. The summed E-state index contributed by atoms with van der Waals surface area (Å²) in [5.74, 6) is -0.0889. The quantitative estimate of drug-likeness (QED) is 0.711. The van der Waals surface area contributed by atoms with Crippen LogP contribution in [0.2, 0.25) is 0 Å². The zero-order chi connectivity index (χ0) is 15.0. The Labute approximate surface area is 131 Å². The minimum atomic E-state index is -0.0889. The highest BCUT2D eigenvalue weighted by Crippen LogP contribution is 2.23. The van der Waals surface area contributed by atoms with Crippen LogP contribution in [-0.2, 0) is 18.3 Å². The van der Waals surface area contributed by atoms with Gasteiger partial charge in [-0.2, -0.15) is 4.99 Å². The third-order valence-corrected chi connectivity index (χ3v) is 5.59. The van der Waals surface area contributed by atoms with E-state index in [1.54, 1.807) is 22.7 Å². The molecule has 0 unspecified atom stereocenters. The highest BCUT2D eigenvalue weighted by molar-refractivity contribution is 7.16. The van der Waals surface area contributed by atoms with Gasteiger partial charge in [0.15, 0.2) is 4.80 Å². The van der Waals surface area contributed by atoms with Crippen molar-refractivity contribution in [3.8, 4) is 0 Å². The van der Waals surface area contributed by atoms with Gasteiger partial charge in [0.05, 0.1) is 16.6 Å². The molecule has 1 amide bonds. The first-order chi connectivity index (χ1) is 10.1. The number of thiazole rings is 1. The van der Waals surface area contributed by atoms with E-state index >= 15 is 0 Å². The predicted molar refractivity (Wildman–Crippen MR) is 88.9 cm³/mol. The highest BCUT2D eigenvalue weighted by Gasteiger charge is 2.09. The van der Waals surface area contributed by atoms with Gasteiger partial charge in [-0.3, -0.25) is 4.79 Å². The van der Waals surface area contributed by atoms with Crippen molar-refractivity contribution in [3.63, 3.8) is 0 Å². The smallest absolute Gasteiger partial charge is 0.253 e. The maximum Gasteiger partial charge on any atom is 0.253 e. The molecule has 3 aromatic rings. The molecule has 2 heterocycles. The standard InChI is InChI=1S/C16H16N2OS2/c1-10-6-7-13-15(11(10)2)18(3)16(21-13)17-14(19)9-12-5-4-8-20-12/h4-8H,9H2,1-3H3. The van der Waals surface area contributed by atoms with E-state index in [2.05, 4.69) is 31.0 Å². The molecule has 0 bridgehead atoms. The number of carbonyl (C=O) groups is 1. The minimum absolute atomic E-state index is 0.0889. The zero-order valence-electron chi connectivity index (χ0n) is 12.2. The maximum absolute atomic E-state index is 12.1. The van der Waals surface area contributed by atoms with E-state index in [1.165, 1.54) is 21.3 Å². The molecule has 0 fully saturated rings. The van der Waals surface area contributed by atoms with Gasteiger partial charge in [-0.05, 0) is 42.5 Å². The van der Waals surface area contributed by atoms with Gasteiger partial charge in [0.2, 0.25) is 0 Å². The molecule has 108 valence electrons. The van der Waals surface area contributed by atoms with Gasteiger partial charge in [0, 0.05) is 11.9 Å². The van der Waals surface area contributed by atoms with E-state index in [-0.39, 0.29) is 5.91 Å². The van der Waals surface area contributed by atoms with Crippen molar-refractivity contribution in [2.24, 2.45) is 12.0 Å². The van der Waals surface area contributed by atoms with Crippen LogP contribution in [0, 0.1) is 13.8 Å². The van der Waals surface area contributed by atoms with Crippen molar-refractivity contribution in [3.05, 3.63) is 50.5 Å². The molecule has 3 nitrogen and oxygen atoms in total. The molecular formula is C16H16N2OS2.